The Morgan fingerprint density at radius 2 is 1.88 bits per heavy atom. The summed E-state index contributed by atoms with van der Waals surface area (Å²) in [5.41, 5.74) is -2.18. The molecule has 5 heteroatoms. The lowest BCUT2D eigenvalue weighted by Crippen LogP contribution is -2.62. The van der Waals surface area contributed by atoms with E-state index in [0.717, 1.165) is 38.5 Å². The van der Waals surface area contributed by atoms with Gasteiger partial charge in [-0.25, -0.2) is 0 Å². The van der Waals surface area contributed by atoms with Crippen LogP contribution >= 0.6 is 15.9 Å². The first-order chi connectivity index (χ1) is 12.1. The van der Waals surface area contributed by atoms with Gasteiger partial charge in [-0.05, 0) is 68.6 Å². The van der Waals surface area contributed by atoms with Crippen molar-refractivity contribution >= 4 is 27.5 Å². The molecule has 4 aliphatic rings. The van der Waals surface area contributed by atoms with Crippen LogP contribution in [-0.4, -0.2) is 38.3 Å². The molecule has 9 unspecified atom stereocenters. The number of alkyl halides is 1. The molecule has 4 aliphatic carbocycles. The Morgan fingerprint density at radius 3 is 2.54 bits per heavy atom. The van der Waals surface area contributed by atoms with E-state index in [1.807, 2.05) is 6.92 Å². The first kappa shape index (κ1) is 19.1. The summed E-state index contributed by atoms with van der Waals surface area (Å²) >= 11 is 3.60. The summed E-state index contributed by atoms with van der Waals surface area (Å²) in [4.78, 5) is 25.6. The Morgan fingerprint density at radius 1 is 1.19 bits per heavy atom. The number of fused-ring (bicyclic) bond motifs is 5. The Kier molecular flexibility index (Phi) is 4.31. The molecular formula is C21H31BrO4. The van der Waals surface area contributed by atoms with E-state index < -0.39 is 11.0 Å². The summed E-state index contributed by atoms with van der Waals surface area (Å²) in [7, 11) is 0. The number of aliphatic hydroxyl groups excluding tert-OH is 1. The van der Waals surface area contributed by atoms with Crippen LogP contribution in [0.1, 0.15) is 65.7 Å². The highest BCUT2D eigenvalue weighted by molar-refractivity contribution is 9.09. The molecule has 9 atom stereocenters. The second-order valence-corrected chi connectivity index (χ2v) is 11.1. The summed E-state index contributed by atoms with van der Waals surface area (Å²) in [5, 5.41) is 21.5. The van der Waals surface area contributed by atoms with Gasteiger partial charge in [0.25, 0.3) is 0 Å². The number of rotatable bonds is 1. The number of Topliss-reactive ketones (excluding diaryl/α,β-unsaturated/α-hetero) is 2. The smallest absolute Gasteiger partial charge is 0.163 e. The predicted octanol–water partition coefficient (Wildman–Crippen LogP) is 3.26. The first-order valence-electron chi connectivity index (χ1n) is 10.1. The fourth-order valence-corrected chi connectivity index (χ4v) is 8.89. The molecule has 0 radical (unpaired) electrons. The van der Waals surface area contributed by atoms with Crippen molar-refractivity contribution in [3.63, 3.8) is 0 Å². The van der Waals surface area contributed by atoms with E-state index >= 15 is 0 Å². The van der Waals surface area contributed by atoms with E-state index in [9.17, 15) is 19.8 Å². The second kappa shape index (κ2) is 5.87. The Bertz CT molecular complexity index is 650. The van der Waals surface area contributed by atoms with Crippen molar-refractivity contribution in [2.75, 3.05) is 0 Å². The molecule has 4 saturated carbocycles. The summed E-state index contributed by atoms with van der Waals surface area (Å²) in [6.07, 6.45) is 5.33. The Hall–Kier alpha value is -0.260. The fourth-order valence-electron chi connectivity index (χ4n) is 7.65. The third-order valence-electron chi connectivity index (χ3n) is 9.04. The molecule has 0 aliphatic heterocycles. The molecule has 0 heterocycles. The van der Waals surface area contributed by atoms with Gasteiger partial charge in [0.1, 0.15) is 11.4 Å². The maximum absolute atomic E-state index is 13.4. The van der Waals surface area contributed by atoms with Crippen LogP contribution in [0.5, 0.6) is 0 Å². The molecule has 0 amide bonds. The van der Waals surface area contributed by atoms with E-state index in [0.29, 0.717) is 12.3 Å². The van der Waals surface area contributed by atoms with Crippen LogP contribution in [0.2, 0.25) is 0 Å². The highest BCUT2D eigenvalue weighted by Crippen LogP contribution is 2.68. The van der Waals surface area contributed by atoms with Gasteiger partial charge < -0.3 is 10.2 Å². The molecule has 0 spiro atoms. The molecule has 146 valence electrons. The Balaban J connectivity index is 1.74. The minimum absolute atomic E-state index is 0.0147. The standard InChI is InChI=1S/C21H31BrO4/c1-11(23)21(26)17(22)9-15-14-5-4-12-8-13(24)6-7-19(12,2)18(14)16(25)10-20(15,21)3/h12-15,17-18,24,26H,4-10H2,1-3H3. The van der Waals surface area contributed by atoms with Crippen LogP contribution in [0.25, 0.3) is 0 Å². The lowest BCUT2D eigenvalue weighted by Gasteiger charge is -2.60. The van der Waals surface area contributed by atoms with Gasteiger partial charge in [-0.3, -0.25) is 9.59 Å². The first-order valence-corrected chi connectivity index (χ1v) is 11.1. The normalized spacial score (nSPS) is 56.5. The molecule has 0 saturated heterocycles. The summed E-state index contributed by atoms with van der Waals surface area (Å²) < 4.78 is 0. The van der Waals surface area contributed by atoms with Crippen molar-refractivity contribution in [1.29, 1.82) is 0 Å². The fraction of sp³-hybridized carbons (Fsp3) is 0.905. The third kappa shape index (κ3) is 2.20. The molecule has 2 N–H and O–H groups in total. The molecule has 4 nitrogen and oxygen atoms in total. The highest BCUT2D eigenvalue weighted by Gasteiger charge is 2.71. The minimum atomic E-state index is -1.46. The molecule has 4 rings (SSSR count). The zero-order chi connectivity index (χ0) is 19.1. The molecule has 4 fully saturated rings. The summed E-state index contributed by atoms with van der Waals surface area (Å²) in [6, 6.07) is 0. The average molecular weight is 427 g/mol. The molecule has 26 heavy (non-hydrogen) atoms. The highest BCUT2D eigenvalue weighted by atomic mass is 79.9. The van der Waals surface area contributed by atoms with Gasteiger partial charge in [0.05, 0.1) is 10.9 Å². The molecule has 0 aromatic heterocycles. The topological polar surface area (TPSA) is 74.6 Å². The monoisotopic (exact) mass is 426 g/mol. The number of halogens is 1. The minimum Gasteiger partial charge on any atom is -0.393 e. The summed E-state index contributed by atoms with van der Waals surface area (Å²) in [6.45, 7) is 5.69. The van der Waals surface area contributed by atoms with Crippen molar-refractivity contribution in [3.05, 3.63) is 0 Å². The predicted molar refractivity (Wildman–Crippen MR) is 102 cm³/mol. The number of hydrogen-bond acceptors (Lipinski definition) is 4. The zero-order valence-corrected chi connectivity index (χ0v) is 17.6. The zero-order valence-electron chi connectivity index (χ0n) is 16.0. The van der Waals surface area contributed by atoms with Crippen LogP contribution in [0.3, 0.4) is 0 Å². The van der Waals surface area contributed by atoms with Crippen LogP contribution in [-0.2, 0) is 9.59 Å². The van der Waals surface area contributed by atoms with Crippen LogP contribution < -0.4 is 0 Å². The van der Waals surface area contributed by atoms with E-state index in [-0.39, 0.29) is 45.7 Å². The van der Waals surface area contributed by atoms with Gasteiger partial charge in [0.2, 0.25) is 0 Å². The van der Waals surface area contributed by atoms with Gasteiger partial charge in [-0.1, -0.05) is 29.8 Å². The van der Waals surface area contributed by atoms with Crippen molar-refractivity contribution < 1.29 is 19.8 Å². The van der Waals surface area contributed by atoms with E-state index in [2.05, 4.69) is 22.9 Å². The van der Waals surface area contributed by atoms with Crippen molar-refractivity contribution in [1.82, 2.24) is 0 Å². The lowest BCUT2D eigenvalue weighted by atomic mass is 9.44. The van der Waals surface area contributed by atoms with Crippen molar-refractivity contribution in [2.24, 2.45) is 34.5 Å². The van der Waals surface area contributed by atoms with Crippen LogP contribution in [0, 0.1) is 34.5 Å². The van der Waals surface area contributed by atoms with Gasteiger partial charge in [-0.2, -0.15) is 0 Å². The number of aliphatic hydroxyl groups is 2. The molecule has 0 aromatic rings. The van der Waals surface area contributed by atoms with Gasteiger partial charge in [0, 0.05) is 17.8 Å². The van der Waals surface area contributed by atoms with Gasteiger partial charge >= 0.3 is 0 Å². The summed E-state index contributed by atoms with van der Waals surface area (Å²) in [5.74, 6) is 0.865. The quantitative estimate of drug-likeness (QED) is 0.630. The van der Waals surface area contributed by atoms with Gasteiger partial charge in [0.15, 0.2) is 5.78 Å². The van der Waals surface area contributed by atoms with Gasteiger partial charge in [-0.15, -0.1) is 0 Å². The molecule has 0 aromatic carbocycles. The van der Waals surface area contributed by atoms with Crippen molar-refractivity contribution in [3.8, 4) is 0 Å². The van der Waals surface area contributed by atoms with E-state index in [1.165, 1.54) is 6.92 Å². The lowest BCUT2D eigenvalue weighted by molar-refractivity contribution is -0.177. The SMILES string of the molecule is CC(=O)C1(O)C(Br)CC2C3CCC4CC(O)CCC4(C)C3C(=O)CC21C. The molecular weight excluding hydrogens is 396 g/mol. The number of hydrogen-bond donors (Lipinski definition) is 2. The largest absolute Gasteiger partial charge is 0.393 e. The average Bonchev–Trinajstić information content (AvgIpc) is 2.76. The van der Waals surface area contributed by atoms with Crippen LogP contribution in [0.4, 0.5) is 0 Å². The Labute approximate surface area is 164 Å². The van der Waals surface area contributed by atoms with E-state index in [4.69, 9.17) is 0 Å². The third-order valence-corrected chi connectivity index (χ3v) is 10.1. The number of carbonyl (C=O) groups is 2. The number of carbonyl (C=O) groups excluding carboxylic acids is 2. The maximum atomic E-state index is 13.4. The van der Waals surface area contributed by atoms with E-state index in [1.54, 1.807) is 0 Å². The maximum Gasteiger partial charge on any atom is 0.163 e. The van der Waals surface area contributed by atoms with Crippen molar-refractivity contribution in [2.45, 2.75) is 82.2 Å². The number of ketones is 2. The second-order valence-electron chi connectivity index (χ2n) is 10.0. The van der Waals surface area contributed by atoms with Crippen LogP contribution in [0.15, 0.2) is 0 Å². The molecule has 0 bridgehead atoms.